The van der Waals surface area contributed by atoms with E-state index in [-0.39, 0.29) is 5.56 Å². The SMILES string of the molecule is Cc1cc(N)ccc1Oc1ccc(C#N)c(F)c1. The molecule has 2 aromatic carbocycles. The van der Waals surface area contributed by atoms with Crippen LogP contribution in [0, 0.1) is 24.1 Å². The highest BCUT2D eigenvalue weighted by Gasteiger charge is 2.06. The van der Waals surface area contributed by atoms with Crippen LogP contribution in [-0.2, 0) is 0 Å². The van der Waals surface area contributed by atoms with Crippen LogP contribution in [0.1, 0.15) is 11.1 Å². The number of anilines is 1. The summed E-state index contributed by atoms with van der Waals surface area (Å²) in [6.07, 6.45) is 0. The molecule has 0 fully saturated rings. The number of nitrogens with zero attached hydrogens (tertiary/aromatic N) is 1. The zero-order valence-electron chi connectivity index (χ0n) is 9.77. The van der Waals surface area contributed by atoms with Crippen LogP contribution >= 0.6 is 0 Å². The number of nitriles is 1. The Labute approximate surface area is 104 Å². The van der Waals surface area contributed by atoms with Gasteiger partial charge in [-0.25, -0.2) is 4.39 Å². The van der Waals surface area contributed by atoms with Crippen LogP contribution in [0.4, 0.5) is 10.1 Å². The second-order valence-corrected chi connectivity index (χ2v) is 3.88. The summed E-state index contributed by atoms with van der Waals surface area (Å²) in [6.45, 7) is 1.85. The molecule has 2 N–H and O–H groups in total. The van der Waals surface area contributed by atoms with Gasteiger partial charge in [-0.1, -0.05) is 0 Å². The monoisotopic (exact) mass is 242 g/mol. The van der Waals surface area contributed by atoms with Gasteiger partial charge in [0, 0.05) is 11.8 Å². The molecule has 90 valence electrons. The van der Waals surface area contributed by atoms with Crippen LogP contribution in [0.25, 0.3) is 0 Å². The number of benzene rings is 2. The summed E-state index contributed by atoms with van der Waals surface area (Å²) in [5.41, 5.74) is 7.13. The Morgan fingerprint density at radius 1 is 1.22 bits per heavy atom. The van der Waals surface area contributed by atoms with Crippen molar-refractivity contribution in [3.05, 3.63) is 53.3 Å². The van der Waals surface area contributed by atoms with Crippen LogP contribution in [0.3, 0.4) is 0 Å². The highest BCUT2D eigenvalue weighted by molar-refractivity contribution is 5.49. The minimum atomic E-state index is -0.594. The first-order valence-corrected chi connectivity index (χ1v) is 5.34. The maximum Gasteiger partial charge on any atom is 0.144 e. The Bertz CT molecular complexity index is 632. The molecule has 18 heavy (non-hydrogen) atoms. The fourth-order valence-corrected chi connectivity index (χ4v) is 1.56. The summed E-state index contributed by atoms with van der Waals surface area (Å²) in [6, 6.07) is 11.1. The lowest BCUT2D eigenvalue weighted by molar-refractivity contribution is 0.473. The Hall–Kier alpha value is -2.54. The normalized spacial score (nSPS) is 9.83. The van der Waals surface area contributed by atoms with Crippen LogP contribution in [0.2, 0.25) is 0 Å². The summed E-state index contributed by atoms with van der Waals surface area (Å²) in [5, 5.41) is 8.63. The number of halogens is 1. The topological polar surface area (TPSA) is 59.0 Å². The predicted molar refractivity (Wildman–Crippen MR) is 66.8 cm³/mol. The third-order valence-corrected chi connectivity index (χ3v) is 2.49. The van der Waals surface area contributed by atoms with Gasteiger partial charge in [0.05, 0.1) is 5.56 Å². The first-order valence-electron chi connectivity index (χ1n) is 5.34. The van der Waals surface area contributed by atoms with Gasteiger partial charge in [-0.2, -0.15) is 5.26 Å². The van der Waals surface area contributed by atoms with E-state index < -0.39 is 5.82 Å². The van der Waals surface area contributed by atoms with Gasteiger partial charge in [-0.15, -0.1) is 0 Å². The average molecular weight is 242 g/mol. The summed E-state index contributed by atoms with van der Waals surface area (Å²) in [7, 11) is 0. The van der Waals surface area contributed by atoms with Gasteiger partial charge in [0.25, 0.3) is 0 Å². The van der Waals surface area contributed by atoms with Gasteiger partial charge in [-0.05, 0) is 42.8 Å². The Kier molecular flexibility index (Phi) is 3.16. The quantitative estimate of drug-likeness (QED) is 0.821. The lowest BCUT2D eigenvalue weighted by Gasteiger charge is -2.09. The van der Waals surface area contributed by atoms with Crippen molar-refractivity contribution in [2.24, 2.45) is 0 Å². The maximum atomic E-state index is 13.4. The third-order valence-electron chi connectivity index (χ3n) is 2.49. The number of ether oxygens (including phenoxy) is 1. The van der Waals surface area contributed by atoms with E-state index in [0.29, 0.717) is 17.2 Å². The molecule has 2 rings (SSSR count). The van der Waals surface area contributed by atoms with E-state index in [1.165, 1.54) is 12.1 Å². The molecule has 4 heteroatoms. The van der Waals surface area contributed by atoms with Crippen molar-refractivity contribution in [3.8, 4) is 17.6 Å². The van der Waals surface area contributed by atoms with Gasteiger partial charge in [-0.3, -0.25) is 0 Å². The summed E-state index contributed by atoms with van der Waals surface area (Å²) >= 11 is 0. The van der Waals surface area contributed by atoms with E-state index in [4.69, 9.17) is 15.7 Å². The maximum absolute atomic E-state index is 13.4. The van der Waals surface area contributed by atoms with Crippen LogP contribution in [0.5, 0.6) is 11.5 Å². The van der Waals surface area contributed by atoms with Gasteiger partial charge in [0.2, 0.25) is 0 Å². The molecule has 2 aromatic rings. The van der Waals surface area contributed by atoms with Crippen molar-refractivity contribution >= 4 is 5.69 Å². The number of aryl methyl sites for hydroxylation is 1. The number of nitrogen functional groups attached to an aromatic ring is 1. The molecule has 0 aliphatic heterocycles. The molecular weight excluding hydrogens is 231 g/mol. The molecule has 0 amide bonds. The van der Waals surface area contributed by atoms with Crippen LogP contribution < -0.4 is 10.5 Å². The number of rotatable bonds is 2. The standard InChI is InChI=1S/C14H11FN2O/c1-9-6-11(17)3-5-14(9)18-12-4-2-10(8-16)13(15)7-12/h2-7H,17H2,1H3. The smallest absolute Gasteiger partial charge is 0.144 e. The zero-order chi connectivity index (χ0) is 13.1. The van der Waals surface area contributed by atoms with Gasteiger partial charge >= 0.3 is 0 Å². The second-order valence-electron chi connectivity index (χ2n) is 3.88. The zero-order valence-corrected chi connectivity index (χ0v) is 9.77. The molecule has 0 saturated carbocycles. The number of nitrogens with two attached hydrogens (primary N) is 1. The summed E-state index contributed by atoms with van der Waals surface area (Å²) in [4.78, 5) is 0. The lowest BCUT2D eigenvalue weighted by Crippen LogP contribution is -1.92. The van der Waals surface area contributed by atoms with E-state index in [2.05, 4.69) is 0 Å². The average Bonchev–Trinajstić information content (AvgIpc) is 2.33. The number of hydrogen-bond donors (Lipinski definition) is 1. The Balaban J connectivity index is 2.29. The molecule has 0 radical (unpaired) electrons. The van der Waals surface area contributed by atoms with E-state index >= 15 is 0 Å². The first kappa shape index (κ1) is 11.9. The molecule has 0 aliphatic carbocycles. The van der Waals surface area contributed by atoms with Crippen molar-refractivity contribution < 1.29 is 9.13 Å². The minimum absolute atomic E-state index is 0.00335. The molecule has 0 unspecified atom stereocenters. The molecule has 0 saturated heterocycles. The first-order chi connectivity index (χ1) is 8.60. The van der Waals surface area contributed by atoms with Crippen LogP contribution in [0.15, 0.2) is 36.4 Å². The molecule has 0 spiro atoms. The molecule has 0 atom stereocenters. The fraction of sp³-hybridized carbons (Fsp3) is 0.0714. The lowest BCUT2D eigenvalue weighted by atomic mass is 10.2. The molecule has 0 aromatic heterocycles. The molecular formula is C14H11FN2O. The van der Waals surface area contributed by atoms with Crippen molar-refractivity contribution in [2.75, 3.05) is 5.73 Å². The molecule has 0 aliphatic rings. The van der Waals surface area contributed by atoms with E-state index in [1.807, 2.05) is 6.92 Å². The second kappa shape index (κ2) is 4.76. The highest BCUT2D eigenvalue weighted by Crippen LogP contribution is 2.27. The van der Waals surface area contributed by atoms with Crippen LogP contribution in [-0.4, -0.2) is 0 Å². The number of hydrogen-bond acceptors (Lipinski definition) is 3. The van der Waals surface area contributed by atoms with E-state index in [1.54, 1.807) is 30.3 Å². The van der Waals surface area contributed by atoms with Gasteiger partial charge < -0.3 is 10.5 Å². The third kappa shape index (κ3) is 2.41. The largest absolute Gasteiger partial charge is 0.457 e. The molecule has 0 heterocycles. The molecule has 0 bridgehead atoms. The highest BCUT2D eigenvalue weighted by atomic mass is 19.1. The predicted octanol–water partition coefficient (Wildman–Crippen LogP) is 3.38. The Morgan fingerprint density at radius 2 is 2.00 bits per heavy atom. The van der Waals surface area contributed by atoms with Crippen molar-refractivity contribution in [3.63, 3.8) is 0 Å². The van der Waals surface area contributed by atoms with Gasteiger partial charge in [0.1, 0.15) is 23.4 Å². The van der Waals surface area contributed by atoms with Gasteiger partial charge in [0.15, 0.2) is 0 Å². The summed E-state index contributed by atoms with van der Waals surface area (Å²) < 4.78 is 18.9. The fourth-order valence-electron chi connectivity index (χ4n) is 1.56. The van der Waals surface area contributed by atoms with Crippen molar-refractivity contribution in [1.29, 1.82) is 5.26 Å². The van der Waals surface area contributed by atoms with Crippen molar-refractivity contribution in [2.45, 2.75) is 6.92 Å². The molecule has 3 nitrogen and oxygen atoms in total. The van der Waals surface area contributed by atoms with Crippen molar-refractivity contribution in [1.82, 2.24) is 0 Å². The summed E-state index contributed by atoms with van der Waals surface area (Å²) in [5.74, 6) is 0.357. The minimum Gasteiger partial charge on any atom is -0.457 e. The van der Waals surface area contributed by atoms with E-state index in [0.717, 1.165) is 5.56 Å². The Morgan fingerprint density at radius 3 is 2.61 bits per heavy atom. The van der Waals surface area contributed by atoms with E-state index in [9.17, 15) is 4.39 Å².